The molecule has 15 heavy (non-hydrogen) atoms. The molecule has 0 saturated heterocycles. The number of hydrogen-bond donors (Lipinski definition) is 2. The molecule has 0 aromatic carbocycles. The number of amides is 1. The molecule has 5 heteroatoms. The molecule has 0 aliphatic rings. The SMILES string of the molecule is CSCCC(NC(=O)CC(C)C)C(=O)O. The van der Waals surface area contributed by atoms with Gasteiger partial charge in [-0.1, -0.05) is 13.8 Å². The third-order valence-electron chi connectivity index (χ3n) is 1.84. The number of thioether (sulfide) groups is 1. The van der Waals surface area contributed by atoms with Crippen LogP contribution in [0.4, 0.5) is 0 Å². The van der Waals surface area contributed by atoms with E-state index in [1.54, 1.807) is 11.8 Å². The summed E-state index contributed by atoms with van der Waals surface area (Å²) in [5.41, 5.74) is 0. The molecule has 1 amide bonds. The quantitative estimate of drug-likeness (QED) is 0.696. The summed E-state index contributed by atoms with van der Waals surface area (Å²) in [7, 11) is 0. The average Bonchev–Trinajstić information content (AvgIpc) is 2.10. The molecule has 1 atom stereocenters. The van der Waals surface area contributed by atoms with Crippen molar-refractivity contribution in [2.75, 3.05) is 12.0 Å². The zero-order valence-electron chi connectivity index (χ0n) is 9.45. The first-order valence-corrected chi connectivity index (χ1v) is 6.37. The minimum absolute atomic E-state index is 0.182. The Morgan fingerprint density at radius 2 is 2.00 bits per heavy atom. The van der Waals surface area contributed by atoms with Gasteiger partial charge in [-0.15, -0.1) is 0 Å². The molecule has 0 bridgehead atoms. The number of carbonyl (C=O) groups is 2. The molecule has 2 N–H and O–H groups in total. The molecule has 0 aromatic heterocycles. The van der Waals surface area contributed by atoms with Crippen LogP contribution in [0.3, 0.4) is 0 Å². The van der Waals surface area contributed by atoms with E-state index in [2.05, 4.69) is 5.32 Å². The fourth-order valence-electron chi connectivity index (χ4n) is 1.12. The third kappa shape index (κ3) is 7.25. The summed E-state index contributed by atoms with van der Waals surface area (Å²) in [5, 5.41) is 11.4. The van der Waals surface area contributed by atoms with Crippen LogP contribution in [0.25, 0.3) is 0 Å². The van der Waals surface area contributed by atoms with Crippen LogP contribution < -0.4 is 5.32 Å². The summed E-state index contributed by atoms with van der Waals surface area (Å²) >= 11 is 1.57. The Morgan fingerprint density at radius 1 is 1.40 bits per heavy atom. The van der Waals surface area contributed by atoms with Crippen molar-refractivity contribution in [2.45, 2.75) is 32.7 Å². The Morgan fingerprint density at radius 3 is 2.40 bits per heavy atom. The van der Waals surface area contributed by atoms with E-state index in [4.69, 9.17) is 5.11 Å². The largest absolute Gasteiger partial charge is 0.480 e. The summed E-state index contributed by atoms with van der Waals surface area (Å²) in [6, 6.07) is -0.747. The summed E-state index contributed by atoms with van der Waals surface area (Å²) in [6.07, 6.45) is 2.76. The molecule has 0 aliphatic carbocycles. The van der Waals surface area contributed by atoms with Crippen molar-refractivity contribution in [3.05, 3.63) is 0 Å². The van der Waals surface area contributed by atoms with Crippen molar-refractivity contribution in [1.82, 2.24) is 5.32 Å². The molecule has 0 fully saturated rings. The summed E-state index contributed by atoms with van der Waals surface area (Å²) in [4.78, 5) is 22.2. The Balaban J connectivity index is 4.04. The highest BCUT2D eigenvalue weighted by Crippen LogP contribution is 2.03. The van der Waals surface area contributed by atoms with E-state index in [9.17, 15) is 9.59 Å². The highest BCUT2D eigenvalue weighted by molar-refractivity contribution is 7.98. The van der Waals surface area contributed by atoms with Crippen molar-refractivity contribution < 1.29 is 14.7 Å². The molecule has 0 aliphatic heterocycles. The summed E-state index contributed by atoms with van der Waals surface area (Å²) in [6.45, 7) is 3.86. The van der Waals surface area contributed by atoms with Crippen LogP contribution in [0.5, 0.6) is 0 Å². The molecule has 0 spiro atoms. The number of hydrogen-bond acceptors (Lipinski definition) is 3. The normalized spacial score (nSPS) is 12.5. The van der Waals surface area contributed by atoms with E-state index in [1.165, 1.54) is 0 Å². The fourth-order valence-corrected chi connectivity index (χ4v) is 1.59. The zero-order chi connectivity index (χ0) is 11.8. The van der Waals surface area contributed by atoms with Gasteiger partial charge in [0, 0.05) is 6.42 Å². The standard InChI is InChI=1S/C10H19NO3S/c1-7(2)6-9(12)11-8(10(13)14)4-5-15-3/h7-8H,4-6H2,1-3H3,(H,11,12)(H,13,14). The van der Waals surface area contributed by atoms with E-state index in [0.717, 1.165) is 5.75 Å². The van der Waals surface area contributed by atoms with Crippen LogP contribution in [0.2, 0.25) is 0 Å². The van der Waals surface area contributed by atoms with Gasteiger partial charge in [0.2, 0.25) is 5.91 Å². The summed E-state index contributed by atoms with van der Waals surface area (Å²) < 4.78 is 0. The zero-order valence-corrected chi connectivity index (χ0v) is 10.3. The molecular formula is C10H19NO3S. The number of carbonyl (C=O) groups excluding carboxylic acids is 1. The van der Waals surface area contributed by atoms with Gasteiger partial charge in [-0.3, -0.25) is 4.79 Å². The number of carboxylic acids is 1. The predicted octanol–water partition coefficient (Wildman–Crippen LogP) is 1.35. The molecule has 88 valence electrons. The minimum Gasteiger partial charge on any atom is -0.480 e. The molecule has 0 radical (unpaired) electrons. The lowest BCUT2D eigenvalue weighted by molar-refractivity contribution is -0.142. The van der Waals surface area contributed by atoms with E-state index >= 15 is 0 Å². The molecule has 0 saturated carbocycles. The van der Waals surface area contributed by atoms with Gasteiger partial charge in [0.05, 0.1) is 0 Å². The van der Waals surface area contributed by atoms with Crippen LogP contribution in [0.1, 0.15) is 26.7 Å². The Labute approximate surface area is 94.8 Å². The minimum atomic E-state index is -0.957. The van der Waals surface area contributed by atoms with Gasteiger partial charge in [0.25, 0.3) is 0 Å². The Kier molecular flexibility index (Phi) is 7.21. The monoisotopic (exact) mass is 233 g/mol. The fraction of sp³-hybridized carbons (Fsp3) is 0.800. The van der Waals surface area contributed by atoms with Gasteiger partial charge in [0.15, 0.2) is 0 Å². The molecule has 0 aromatic rings. The predicted molar refractivity (Wildman–Crippen MR) is 62.0 cm³/mol. The topological polar surface area (TPSA) is 66.4 Å². The van der Waals surface area contributed by atoms with Crippen LogP contribution in [0.15, 0.2) is 0 Å². The lowest BCUT2D eigenvalue weighted by atomic mass is 10.1. The maximum Gasteiger partial charge on any atom is 0.326 e. The van der Waals surface area contributed by atoms with E-state index in [-0.39, 0.29) is 11.8 Å². The number of aliphatic carboxylic acids is 1. The van der Waals surface area contributed by atoms with Gasteiger partial charge in [0.1, 0.15) is 6.04 Å². The Bertz CT molecular complexity index is 219. The van der Waals surface area contributed by atoms with Crippen LogP contribution >= 0.6 is 11.8 Å². The first kappa shape index (κ1) is 14.3. The van der Waals surface area contributed by atoms with Gasteiger partial charge >= 0.3 is 5.97 Å². The van der Waals surface area contributed by atoms with Crippen LogP contribution in [0, 0.1) is 5.92 Å². The van der Waals surface area contributed by atoms with Crippen molar-refractivity contribution in [3.63, 3.8) is 0 Å². The second-order valence-electron chi connectivity index (χ2n) is 3.84. The molecular weight excluding hydrogens is 214 g/mol. The van der Waals surface area contributed by atoms with E-state index in [1.807, 2.05) is 20.1 Å². The van der Waals surface area contributed by atoms with Crippen LogP contribution in [-0.2, 0) is 9.59 Å². The maximum absolute atomic E-state index is 11.4. The molecule has 0 rings (SSSR count). The van der Waals surface area contributed by atoms with Crippen molar-refractivity contribution in [2.24, 2.45) is 5.92 Å². The van der Waals surface area contributed by atoms with E-state index in [0.29, 0.717) is 12.8 Å². The smallest absolute Gasteiger partial charge is 0.326 e. The van der Waals surface area contributed by atoms with Gasteiger partial charge in [-0.05, 0) is 24.3 Å². The molecule has 0 heterocycles. The van der Waals surface area contributed by atoms with Gasteiger partial charge in [-0.2, -0.15) is 11.8 Å². The highest BCUT2D eigenvalue weighted by atomic mass is 32.2. The van der Waals surface area contributed by atoms with Gasteiger partial charge in [-0.25, -0.2) is 4.79 Å². The summed E-state index contributed by atoms with van der Waals surface area (Å²) in [5.74, 6) is -0.154. The van der Waals surface area contributed by atoms with Gasteiger partial charge < -0.3 is 10.4 Å². The Hall–Kier alpha value is -0.710. The van der Waals surface area contributed by atoms with Crippen LogP contribution in [-0.4, -0.2) is 35.0 Å². The van der Waals surface area contributed by atoms with E-state index < -0.39 is 12.0 Å². The van der Waals surface area contributed by atoms with Crippen molar-refractivity contribution >= 4 is 23.6 Å². The first-order chi connectivity index (χ1) is 6.97. The lowest BCUT2D eigenvalue weighted by Crippen LogP contribution is -2.41. The number of nitrogens with one attached hydrogen (secondary N) is 1. The highest BCUT2D eigenvalue weighted by Gasteiger charge is 2.19. The second kappa shape index (κ2) is 7.56. The maximum atomic E-state index is 11.4. The van der Waals surface area contributed by atoms with Crippen molar-refractivity contribution in [1.29, 1.82) is 0 Å². The third-order valence-corrected chi connectivity index (χ3v) is 2.48. The molecule has 4 nitrogen and oxygen atoms in total. The average molecular weight is 233 g/mol. The lowest BCUT2D eigenvalue weighted by Gasteiger charge is -2.14. The second-order valence-corrected chi connectivity index (χ2v) is 4.82. The molecule has 1 unspecified atom stereocenters. The number of carboxylic acid groups (broad SMARTS) is 1. The first-order valence-electron chi connectivity index (χ1n) is 4.98. The van der Waals surface area contributed by atoms with Crippen molar-refractivity contribution in [3.8, 4) is 0 Å². The number of rotatable bonds is 7.